The summed E-state index contributed by atoms with van der Waals surface area (Å²) in [6, 6.07) is 8.73. The van der Waals surface area contributed by atoms with Crippen LogP contribution in [-0.2, 0) is 11.2 Å². The number of benzene rings is 1. The van der Waals surface area contributed by atoms with Gasteiger partial charge in [-0.2, -0.15) is 0 Å². The highest BCUT2D eigenvalue weighted by Gasteiger charge is 2.14. The zero-order valence-corrected chi connectivity index (χ0v) is 16.2. The van der Waals surface area contributed by atoms with E-state index in [-0.39, 0.29) is 24.0 Å². The van der Waals surface area contributed by atoms with Gasteiger partial charge in [0, 0.05) is 5.38 Å². The van der Waals surface area contributed by atoms with Crippen molar-refractivity contribution in [1.82, 2.24) is 9.97 Å². The van der Waals surface area contributed by atoms with E-state index < -0.39 is 0 Å². The maximum absolute atomic E-state index is 12.3. The van der Waals surface area contributed by atoms with Gasteiger partial charge in [-0.05, 0) is 30.3 Å². The molecule has 0 bridgehead atoms. The topological polar surface area (TPSA) is 106 Å². The van der Waals surface area contributed by atoms with E-state index >= 15 is 0 Å². The van der Waals surface area contributed by atoms with Crippen molar-refractivity contribution in [3.8, 4) is 5.75 Å². The molecule has 3 aromatic heterocycles. The Bertz CT molecular complexity index is 1130. The van der Waals surface area contributed by atoms with Gasteiger partial charge in [0.05, 0.1) is 35.7 Å². The van der Waals surface area contributed by atoms with Crippen LogP contribution in [0.3, 0.4) is 0 Å². The van der Waals surface area contributed by atoms with Crippen LogP contribution in [0.1, 0.15) is 16.2 Å². The first-order valence-corrected chi connectivity index (χ1v) is 9.84. The Balaban J connectivity index is 1.37. The third-order valence-electron chi connectivity index (χ3n) is 3.70. The maximum atomic E-state index is 12.3. The number of nitrogens with zero attached hydrogens (tertiary/aromatic N) is 2. The first-order valence-electron chi connectivity index (χ1n) is 8.14. The number of nitrogens with one attached hydrogen (secondary N) is 2. The number of rotatable bonds is 6. The molecule has 0 atom stereocenters. The summed E-state index contributed by atoms with van der Waals surface area (Å²) in [5.41, 5.74) is 1.35. The first-order chi connectivity index (χ1) is 13.6. The number of carbonyl (C=O) groups excluding carboxylic acids is 2. The molecule has 0 saturated carbocycles. The van der Waals surface area contributed by atoms with Gasteiger partial charge >= 0.3 is 0 Å². The van der Waals surface area contributed by atoms with Gasteiger partial charge < -0.3 is 14.5 Å². The van der Waals surface area contributed by atoms with E-state index in [1.54, 1.807) is 24.6 Å². The van der Waals surface area contributed by atoms with Gasteiger partial charge in [-0.3, -0.25) is 14.9 Å². The molecule has 4 aromatic rings. The molecule has 0 radical (unpaired) electrons. The first kappa shape index (κ1) is 18.1. The van der Waals surface area contributed by atoms with Crippen LogP contribution in [0, 0.1) is 0 Å². The van der Waals surface area contributed by atoms with E-state index in [0.29, 0.717) is 16.0 Å². The van der Waals surface area contributed by atoms with Crippen LogP contribution in [0.25, 0.3) is 10.2 Å². The number of hydrogen-bond donors (Lipinski definition) is 2. The largest absolute Gasteiger partial charge is 0.497 e. The molecule has 0 unspecified atom stereocenters. The average Bonchev–Trinajstić information content (AvgIpc) is 3.41. The highest BCUT2D eigenvalue weighted by molar-refractivity contribution is 7.22. The number of aromatic nitrogens is 2. The van der Waals surface area contributed by atoms with Crippen LogP contribution >= 0.6 is 22.7 Å². The zero-order valence-electron chi connectivity index (χ0n) is 14.6. The van der Waals surface area contributed by atoms with E-state index in [4.69, 9.17) is 9.15 Å². The van der Waals surface area contributed by atoms with E-state index in [1.165, 1.54) is 28.9 Å². The molecule has 0 aliphatic heterocycles. The molecule has 2 amide bonds. The lowest BCUT2D eigenvalue weighted by molar-refractivity contribution is -0.115. The number of methoxy groups -OCH3 is 1. The van der Waals surface area contributed by atoms with Gasteiger partial charge in [0.1, 0.15) is 5.75 Å². The summed E-state index contributed by atoms with van der Waals surface area (Å²) in [7, 11) is 1.60. The fourth-order valence-corrected chi connectivity index (χ4v) is 4.04. The minimum absolute atomic E-state index is 0.0758. The number of furan rings is 1. The molecule has 8 nitrogen and oxygen atoms in total. The van der Waals surface area contributed by atoms with Crippen LogP contribution in [0.5, 0.6) is 5.75 Å². The second kappa shape index (κ2) is 7.79. The quantitative estimate of drug-likeness (QED) is 0.497. The fourth-order valence-electron chi connectivity index (χ4n) is 2.43. The molecule has 3 heterocycles. The molecule has 1 aromatic carbocycles. The number of thiazole rings is 2. The van der Waals surface area contributed by atoms with Crippen LogP contribution in [0.2, 0.25) is 0 Å². The summed E-state index contributed by atoms with van der Waals surface area (Å²) < 4.78 is 11.1. The Morgan fingerprint density at radius 1 is 1.18 bits per heavy atom. The standard InChI is InChI=1S/C18H14N4O4S2/c1-25-11-4-5-12-14(8-11)28-18(20-12)21-15(23)7-10-9-27-17(19-10)22-16(24)13-3-2-6-26-13/h2-6,8-9H,7H2,1H3,(H,19,22,24)(H,20,21,23). The zero-order chi connectivity index (χ0) is 19.5. The number of carbonyl (C=O) groups is 2. The van der Waals surface area contributed by atoms with Crippen molar-refractivity contribution in [2.24, 2.45) is 0 Å². The SMILES string of the molecule is COc1ccc2nc(NC(=O)Cc3csc(NC(=O)c4ccco4)n3)sc2c1. The highest BCUT2D eigenvalue weighted by Crippen LogP contribution is 2.29. The van der Waals surface area contributed by atoms with Crippen LogP contribution in [0.15, 0.2) is 46.4 Å². The molecular weight excluding hydrogens is 400 g/mol. The minimum Gasteiger partial charge on any atom is -0.497 e. The summed E-state index contributed by atoms with van der Waals surface area (Å²) in [5.74, 6) is 0.308. The predicted octanol–water partition coefficient (Wildman–Crippen LogP) is 3.79. The van der Waals surface area contributed by atoms with Crippen LogP contribution < -0.4 is 15.4 Å². The summed E-state index contributed by atoms with van der Waals surface area (Å²) >= 11 is 2.61. The Hall–Kier alpha value is -3.24. The van der Waals surface area contributed by atoms with E-state index in [9.17, 15) is 9.59 Å². The van der Waals surface area contributed by atoms with Gasteiger partial charge in [-0.1, -0.05) is 11.3 Å². The Morgan fingerprint density at radius 3 is 2.86 bits per heavy atom. The van der Waals surface area contributed by atoms with Crippen molar-refractivity contribution in [3.05, 3.63) is 53.4 Å². The predicted molar refractivity (Wildman–Crippen MR) is 107 cm³/mol. The third kappa shape index (κ3) is 4.02. The Morgan fingerprint density at radius 2 is 2.07 bits per heavy atom. The van der Waals surface area contributed by atoms with Crippen molar-refractivity contribution in [1.29, 1.82) is 0 Å². The second-order valence-electron chi connectivity index (χ2n) is 5.65. The number of fused-ring (bicyclic) bond motifs is 1. The van der Waals surface area contributed by atoms with Crippen molar-refractivity contribution >= 4 is 55.0 Å². The van der Waals surface area contributed by atoms with Crippen molar-refractivity contribution < 1.29 is 18.7 Å². The minimum atomic E-state index is -0.389. The molecule has 0 aliphatic carbocycles. The highest BCUT2D eigenvalue weighted by atomic mass is 32.1. The molecule has 142 valence electrons. The molecule has 0 aliphatic rings. The molecule has 0 fully saturated rings. The van der Waals surface area contributed by atoms with E-state index in [1.807, 2.05) is 18.2 Å². The second-order valence-corrected chi connectivity index (χ2v) is 7.54. The maximum Gasteiger partial charge on any atom is 0.293 e. The monoisotopic (exact) mass is 414 g/mol. The smallest absolute Gasteiger partial charge is 0.293 e. The number of anilines is 2. The molecular formula is C18H14N4O4S2. The summed E-state index contributed by atoms with van der Waals surface area (Å²) in [5, 5.41) is 8.05. The van der Waals surface area contributed by atoms with Crippen molar-refractivity contribution in [2.75, 3.05) is 17.7 Å². The Labute approximate surface area is 167 Å². The molecule has 28 heavy (non-hydrogen) atoms. The van der Waals surface area contributed by atoms with E-state index in [2.05, 4.69) is 20.6 Å². The molecule has 0 spiro atoms. The summed E-state index contributed by atoms with van der Waals surface area (Å²) in [6.07, 6.45) is 1.50. The average molecular weight is 414 g/mol. The number of hydrogen-bond acceptors (Lipinski definition) is 8. The molecule has 0 saturated heterocycles. The number of ether oxygens (including phenoxy) is 1. The van der Waals surface area contributed by atoms with Gasteiger partial charge in [0.15, 0.2) is 16.0 Å². The van der Waals surface area contributed by atoms with Crippen molar-refractivity contribution in [2.45, 2.75) is 6.42 Å². The van der Waals surface area contributed by atoms with Gasteiger partial charge in [0.25, 0.3) is 5.91 Å². The van der Waals surface area contributed by atoms with Crippen LogP contribution in [-0.4, -0.2) is 28.9 Å². The fraction of sp³-hybridized carbons (Fsp3) is 0.111. The lowest BCUT2D eigenvalue weighted by Gasteiger charge is -1.99. The molecule has 2 N–H and O–H groups in total. The summed E-state index contributed by atoms with van der Waals surface area (Å²) in [4.78, 5) is 32.9. The molecule has 10 heteroatoms. The van der Waals surface area contributed by atoms with Crippen LogP contribution in [0.4, 0.5) is 10.3 Å². The molecule has 4 rings (SSSR count). The Kier molecular flexibility index (Phi) is 5.04. The lowest BCUT2D eigenvalue weighted by atomic mass is 10.3. The van der Waals surface area contributed by atoms with E-state index in [0.717, 1.165) is 16.0 Å². The van der Waals surface area contributed by atoms with Crippen molar-refractivity contribution in [3.63, 3.8) is 0 Å². The third-order valence-corrected chi connectivity index (χ3v) is 5.44. The normalized spacial score (nSPS) is 10.8. The van der Waals surface area contributed by atoms with Gasteiger partial charge in [-0.15, -0.1) is 11.3 Å². The number of amides is 2. The lowest BCUT2D eigenvalue weighted by Crippen LogP contribution is -2.15. The van der Waals surface area contributed by atoms with Gasteiger partial charge in [0.2, 0.25) is 5.91 Å². The van der Waals surface area contributed by atoms with Gasteiger partial charge in [-0.25, -0.2) is 9.97 Å². The summed E-state index contributed by atoms with van der Waals surface area (Å²) in [6.45, 7) is 0.